The first-order chi connectivity index (χ1) is 15.5. The zero-order valence-corrected chi connectivity index (χ0v) is 18.0. The van der Waals surface area contributed by atoms with Crippen LogP contribution in [-0.4, -0.2) is 25.9 Å². The van der Waals surface area contributed by atoms with E-state index in [0.717, 1.165) is 35.4 Å². The van der Waals surface area contributed by atoms with Crippen LogP contribution in [0.1, 0.15) is 27.9 Å². The van der Waals surface area contributed by atoms with Gasteiger partial charge in [0, 0.05) is 0 Å². The van der Waals surface area contributed by atoms with Crippen molar-refractivity contribution in [2.75, 3.05) is 4.72 Å². The van der Waals surface area contributed by atoms with E-state index in [1.165, 1.54) is 12.1 Å². The smallest absolute Gasteiger partial charge is 0.478 e. The van der Waals surface area contributed by atoms with E-state index in [1.807, 2.05) is 0 Å². The lowest BCUT2D eigenvalue weighted by atomic mass is 10.0. The van der Waals surface area contributed by atoms with Crippen molar-refractivity contribution in [1.82, 2.24) is 0 Å². The lowest BCUT2D eigenvalue weighted by Gasteiger charge is -2.13. The van der Waals surface area contributed by atoms with Crippen LogP contribution >= 0.6 is 0 Å². The van der Waals surface area contributed by atoms with Crippen molar-refractivity contribution in [3.63, 3.8) is 0 Å². The fourth-order valence-corrected chi connectivity index (χ4v) is 4.26. The molecule has 0 bridgehead atoms. The summed E-state index contributed by atoms with van der Waals surface area (Å²) in [6.07, 6.45) is -2.95. The molecule has 3 rings (SSSR count). The van der Waals surface area contributed by atoms with Crippen LogP contribution in [0.25, 0.3) is 0 Å². The number of sulfonamides is 1. The van der Waals surface area contributed by atoms with Crippen molar-refractivity contribution in [2.45, 2.75) is 30.5 Å². The molecule has 0 aromatic heterocycles. The van der Waals surface area contributed by atoms with Crippen LogP contribution in [0.5, 0.6) is 5.75 Å². The van der Waals surface area contributed by atoms with E-state index in [9.17, 15) is 26.4 Å². The number of benzene rings is 3. The van der Waals surface area contributed by atoms with Gasteiger partial charge in [0.1, 0.15) is 5.75 Å². The highest BCUT2D eigenvalue weighted by Crippen LogP contribution is 2.26. The lowest BCUT2D eigenvalue weighted by molar-refractivity contribution is -0.274. The van der Waals surface area contributed by atoms with Crippen LogP contribution in [0, 0.1) is 0 Å². The number of ether oxygens (including phenoxy) is 1. The molecule has 2 N–H and O–H groups in total. The summed E-state index contributed by atoms with van der Waals surface area (Å²) in [5, 5.41) is 8.96. The molecule has 10 heteroatoms. The van der Waals surface area contributed by atoms with Crippen LogP contribution in [0.4, 0.5) is 18.9 Å². The lowest BCUT2D eigenvalue weighted by Crippen LogP contribution is -2.17. The maximum Gasteiger partial charge on any atom is 0.573 e. The number of hydrogen-bond donors (Lipinski definition) is 2. The largest absolute Gasteiger partial charge is 0.573 e. The number of hydrogen-bond acceptors (Lipinski definition) is 4. The van der Waals surface area contributed by atoms with Gasteiger partial charge in [-0.3, -0.25) is 4.72 Å². The molecule has 0 saturated heterocycles. The van der Waals surface area contributed by atoms with Gasteiger partial charge in [0.05, 0.1) is 16.1 Å². The molecule has 0 aliphatic heterocycles. The molecular weight excluding hydrogens is 459 g/mol. The molecular formula is C23H20F3NO5S. The van der Waals surface area contributed by atoms with Crippen LogP contribution in [0.2, 0.25) is 0 Å². The monoisotopic (exact) mass is 479 g/mol. The molecule has 6 nitrogen and oxygen atoms in total. The SMILES string of the molecule is O=C(O)c1ccc(CCCc2ccccc2NS(=O)(=O)c2ccc(OC(F)(F)F)cc2)cc1. The van der Waals surface area contributed by atoms with Gasteiger partial charge in [-0.2, -0.15) is 0 Å². The van der Waals surface area contributed by atoms with Gasteiger partial charge in [0.15, 0.2) is 0 Å². The summed E-state index contributed by atoms with van der Waals surface area (Å²) in [5.74, 6) is -1.51. The summed E-state index contributed by atoms with van der Waals surface area (Å²) in [7, 11) is -4.03. The van der Waals surface area contributed by atoms with E-state index in [0.29, 0.717) is 24.9 Å². The second kappa shape index (κ2) is 9.95. The van der Waals surface area contributed by atoms with E-state index >= 15 is 0 Å². The van der Waals surface area contributed by atoms with E-state index in [1.54, 1.807) is 36.4 Å². The molecule has 0 radical (unpaired) electrons. The number of carboxylic acids is 1. The van der Waals surface area contributed by atoms with Crippen LogP contribution in [0.15, 0.2) is 77.7 Å². The number of alkyl halides is 3. The average molecular weight is 479 g/mol. The second-order valence-corrected chi connectivity index (χ2v) is 8.82. The van der Waals surface area contributed by atoms with Crippen molar-refractivity contribution >= 4 is 21.7 Å². The molecule has 0 unspecified atom stereocenters. The van der Waals surface area contributed by atoms with Gasteiger partial charge in [-0.05, 0) is 72.9 Å². The predicted octanol–water partition coefficient (Wildman–Crippen LogP) is 5.26. The van der Waals surface area contributed by atoms with E-state index in [-0.39, 0.29) is 10.5 Å². The van der Waals surface area contributed by atoms with Gasteiger partial charge < -0.3 is 9.84 Å². The minimum Gasteiger partial charge on any atom is -0.478 e. The quantitative estimate of drug-likeness (QED) is 0.437. The maximum atomic E-state index is 12.7. The van der Waals surface area contributed by atoms with E-state index in [2.05, 4.69) is 9.46 Å². The number of nitrogens with one attached hydrogen (secondary N) is 1. The Bertz CT molecular complexity index is 1210. The molecule has 174 valence electrons. The first kappa shape index (κ1) is 24.1. The average Bonchev–Trinajstić information content (AvgIpc) is 2.74. The van der Waals surface area contributed by atoms with Gasteiger partial charge in [0.25, 0.3) is 10.0 Å². The summed E-state index contributed by atoms with van der Waals surface area (Å²) < 4.78 is 68.5. The third kappa shape index (κ3) is 6.98. The number of aryl methyl sites for hydroxylation is 2. The number of para-hydroxylation sites is 1. The summed E-state index contributed by atoms with van der Waals surface area (Å²) >= 11 is 0. The van der Waals surface area contributed by atoms with Crippen LogP contribution < -0.4 is 9.46 Å². The zero-order valence-electron chi connectivity index (χ0n) is 17.2. The van der Waals surface area contributed by atoms with Gasteiger partial charge >= 0.3 is 12.3 Å². The predicted molar refractivity (Wildman–Crippen MR) is 116 cm³/mol. The fourth-order valence-electron chi connectivity index (χ4n) is 3.16. The van der Waals surface area contributed by atoms with Crippen molar-refractivity contribution in [3.8, 4) is 5.75 Å². The topological polar surface area (TPSA) is 92.7 Å². The molecule has 0 spiro atoms. The highest BCUT2D eigenvalue weighted by atomic mass is 32.2. The molecule has 0 aliphatic rings. The Balaban J connectivity index is 1.66. The molecule has 0 amide bonds. The number of halogens is 3. The van der Waals surface area contributed by atoms with Crippen molar-refractivity contribution in [2.24, 2.45) is 0 Å². The fraction of sp³-hybridized carbons (Fsp3) is 0.174. The number of rotatable bonds is 9. The Morgan fingerprint density at radius 3 is 2.15 bits per heavy atom. The van der Waals surface area contributed by atoms with E-state index < -0.39 is 28.1 Å². The first-order valence-corrected chi connectivity index (χ1v) is 11.3. The Morgan fingerprint density at radius 1 is 0.909 bits per heavy atom. The molecule has 0 fully saturated rings. The van der Waals surface area contributed by atoms with Gasteiger partial charge in [0.2, 0.25) is 0 Å². The Labute approximate surface area is 188 Å². The second-order valence-electron chi connectivity index (χ2n) is 7.14. The number of carbonyl (C=O) groups is 1. The molecule has 0 atom stereocenters. The summed E-state index contributed by atoms with van der Waals surface area (Å²) in [6.45, 7) is 0. The maximum absolute atomic E-state index is 12.7. The normalized spacial score (nSPS) is 11.7. The zero-order chi connectivity index (χ0) is 24.1. The summed E-state index contributed by atoms with van der Waals surface area (Å²) in [6, 6.07) is 17.3. The molecule has 3 aromatic rings. The molecule has 3 aromatic carbocycles. The minimum atomic E-state index is -4.87. The van der Waals surface area contributed by atoms with E-state index in [4.69, 9.17) is 5.11 Å². The third-order valence-electron chi connectivity index (χ3n) is 4.74. The van der Waals surface area contributed by atoms with Crippen LogP contribution in [0.3, 0.4) is 0 Å². The first-order valence-electron chi connectivity index (χ1n) is 9.82. The highest BCUT2D eigenvalue weighted by Gasteiger charge is 2.31. The summed E-state index contributed by atoms with van der Waals surface area (Å²) in [5.41, 5.74) is 2.28. The minimum absolute atomic E-state index is 0.203. The Morgan fingerprint density at radius 2 is 1.55 bits per heavy atom. The van der Waals surface area contributed by atoms with Crippen molar-refractivity contribution in [1.29, 1.82) is 0 Å². The Hall–Kier alpha value is -3.53. The summed E-state index contributed by atoms with van der Waals surface area (Å²) in [4.78, 5) is 10.7. The third-order valence-corrected chi connectivity index (χ3v) is 6.12. The van der Waals surface area contributed by atoms with Gasteiger partial charge in [-0.15, -0.1) is 13.2 Å². The molecule has 33 heavy (non-hydrogen) atoms. The van der Waals surface area contributed by atoms with Gasteiger partial charge in [-0.25, -0.2) is 13.2 Å². The number of carboxylic acid groups (broad SMARTS) is 1. The number of aromatic carboxylic acids is 1. The van der Waals surface area contributed by atoms with Crippen LogP contribution in [-0.2, 0) is 22.9 Å². The van der Waals surface area contributed by atoms with Crippen molar-refractivity contribution < 1.29 is 36.2 Å². The standard InChI is InChI=1S/C23H20F3NO5S/c24-23(25,26)32-19-12-14-20(15-13-19)33(30,31)27-21-7-2-1-5-17(21)6-3-4-16-8-10-18(11-9-16)22(28)29/h1-2,5,7-15,27H,3-4,6H2,(H,28,29). The molecule has 0 aliphatic carbocycles. The molecule has 0 heterocycles. The highest BCUT2D eigenvalue weighted by molar-refractivity contribution is 7.92. The Kier molecular flexibility index (Phi) is 7.27. The molecule has 0 saturated carbocycles. The number of anilines is 1. The van der Waals surface area contributed by atoms with Gasteiger partial charge in [-0.1, -0.05) is 30.3 Å². The van der Waals surface area contributed by atoms with Crippen molar-refractivity contribution in [3.05, 3.63) is 89.5 Å².